The molecule has 1 heterocycles. The molecule has 9 heteroatoms. The van der Waals surface area contributed by atoms with E-state index in [1.165, 1.54) is 0 Å². The molecule has 2 fully saturated rings. The van der Waals surface area contributed by atoms with Crippen LogP contribution in [-0.4, -0.2) is 47.0 Å². The largest absolute Gasteiger partial charge is 0.444 e. The molecule has 0 spiro atoms. The molecule has 2 N–H and O–H groups in total. The number of hydrogen-bond acceptors (Lipinski definition) is 4. The van der Waals surface area contributed by atoms with Crippen LogP contribution in [0, 0.1) is 5.92 Å². The third-order valence-corrected chi connectivity index (χ3v) is 6.96. The van der Waals surface area contributed by atoms with Gasteiger partial charge >= 0.3 is 6.09 Å². The van der Waals surface area contributed by atoms with Crippen molar-refractivity contribution in [2.24, 2.45) is 5.92 Å². The van der Waals surface area contributed by atoms with Crippen molar-refractivity contribution in [1.82, 2.24) is 15.5 Å². The van der Waals surface area contributed by atoms with Gasteiger partial charge in [0, 0.05) is 23.1 Å². The molecule has 1 aliphatic carbocycles. The van der Waals surface area contributed by atoms with Gasteiger partial charge in [-0.15, -0.1) is 0 Å². The minimum Gasteiger partial charge on any atom is -0.444 e. The van der Waals surface area contributed by atoms with Gasteiger partial charge in [-0.3, -0.25) is 9.59 Å². The standard InChI is InChI=1S/C25H35Cl2N3O4/c1-25(2,3)34-24(33)29-21(16-8-5-4-6-9-16)23(32)30-13-7-10-20(30)22(31)28-15-17-14-18(26)11-12-19(17)27/h11-12,14,16,20-21H,4-10,13,15H2,1-3H3,(H,28,31)(H,29,33)/t20-,21+/m0/s1. The maximum Gasteiger partial charge on any atom is 0.408 e. The molecule has 7 nitrogen and oxygen atoms in total. The molecule has 0 unspecified atom stereocenters. The predicted octanol–water partition coefficient (Wildman–Crippen LogP) is 5.07. The van der Waals surface area contributed by atoms with Gasteiger partial charge < -0.3 is 20.3 Å². The summed E-state index contributed by atoms with van der Waals surface area (Å²) in [5.41, 5.74) is 0.0483. The highest BCUT2D eigenvalue weighted by Gasteiger charge is 2.41. The lowest BCUT2D eigenvalue weighted by molar-refractivity contribution is -0.141. The van der Waals surface area contributed by atoms with E-state index in [0.29, 0.717) is 28.6 Å². The number of nitrogens with zero attached hydrogens (tertiary/aromatic N) is 1. The van der Waals surface area contributed by atoms with E-state index in [4.69, 9.17) is 27.9 Å². The van der Waals surface area contributed by atoms with Gasteiger partial charge in [0.15, 0.2) is 0 Å². The first-order valence-corrected chi connectivity index (χ1v) is 12.8. The van der Waals surface area contributed by atoms with Gasteiger partial charge in [-0.25, -0.2) is 4.79 Å². The molecule has 2 atom stereocenters. The first-order valence-electron chi connectivity index (χ1n) is 12.1. The van der Waals surface area contributed by atoms with Crippen molar-refractivity contribution in [1.29, 1.82) is 0 Å². The summed E-state index contributed by atoms with van der Waals surface area (Å²) < 4.78 is 5.43. The van der Waals surface area contributed by atoms with Crippen molar-refractivity contribution >= 4 is 41.1 Å². The molecule has 1 aromatic rings. The molecule has 1 saturated carbocycles. The number of likely N-dealkylation sites (tertiary alicyclic amines) is 1. The Bertz CT molecular complexity index is 897. The van der Waals surface area contributed by atoms with E-state index >= 15 is 0 Å². The van der Waals surface area contributed by atoms with E-state index in [-0.39, 0.29) is 24.3 Å². The van der Waals surface area contributed by atoms with Crippen molar-refractivity contribution in [2.45, 2.75) is 89.9 Å². The average molecular weight is 512 g/mol. The smallest absolute Gasteiger partial charge is 0.408 e. The molecule has 2 aliphatic rings. The Labute approximate surface area is 211 Å². The Morgan fingerprint density at radius 1 is 1.09 bits per heavy atom. The summed E-state index contributed by atoms with van der Waals surface area (Å²) >= 11 is 12.3. The zero-order chi connectivity index (χ0) is 24.9. The highest BCUT2D eigenvalue weighted by molar-refractivity contribution is 6.33. The molecule has 1 aliphatic heterocycles. The van der Waals surface area contributed by atoms with Crippen LogP contribution in [0.4, 0.5) is 4.79 Å². The summed E-state index contributed by atoms with van der Waals surface area (Å²) in [5.74, 6) is -0.416. The van der Waals surface area contributed by atoms with Crippen LogP contribution in [0.2, 0.25) is 10.0 Å². The van der Waals surface area contributed by atoms with Crippen LogP contribution in [-0.2, 0) is 20.9 Å². The minimum absolute atomic E-state index is 0.0309. The van der Waals surface area contributed by atoms with E-state index in [1.807, 2.05) is 0 Å². The fourth-order valence-electron chi connectivity index (χ4n) is 4.74. The third kappa shape index (κ3) is 7.25. The van der Waals surface area contributed by atoms with Gasteiger partial charge in [-0.05, 0) is 76.1 Å². The fourth-order valence-corrected chi connectivity index (χ4v) is 5.12. The number of carbonyl (C=O) groups is 3. The Balaban J connectivity index is 1.70. The van der Waals surface area contributed by atoms with Crippen molar-refractivity contribution in [3.8, 4) is 0 Å². The van der Waals surface area contributed by atoms with E-state index in [1.54, 1.807) is 43.9 Å². The van der Waals surface area contributed by atoms with Gasteiger partial charge in [0.05, 0.1) is 0 Å². The summed E-state index contributed by atoms with van der Waals surface area (Å²) in [7, 11) is 0. The number of amides is 3. The highest BCUT2D eigenvalue weighted by atomic mass is 35.5. The monoisotopic (exact) mass is 511 g/mol. The van der Waals surface area contributed by atoms with Crippen molar-refractivity contribution in [2.75, 3.05) is 6.54 Å². The first kappa shape index (κ1) is 26.6. The van der Waals surface area contributed by atoms with E-state index in [0.717, 1.165) is 38.5 Å². The summed E-state index contributed by atoms with van der Waals surface area (Å²) in [6.07, 6.45) is 5.60. The number of hydrogen-bond donors (Lipinski definition) is 2. The minimum atomic E-state index is -0.703. The highest BCUT2D eigenvalue weighted by Crippen LogP contribution is 2.30. The van der Waals surface area contributed by atoms with Crippen LogP contribution in [0.3, 0.4) is 0 Å². The zero-order valence-electron chi connectivity index (χ0n) is 20.2. The van der Waals surface area contributed by atoms with Crippen LogP contribution < -0.4 is 10.6 Å². The van der Waals surface area contributed by atoms with Crippen molar-refractivity contribution in [3.05, 3.63) is 33.8 Å². The van der Waals surface area contributed by atoms with E-state index < -0.39 is 23.8 Å². The van der Waals surface area contributed by atoms with Crippen LogP contribution in [0.1, 0.15) is 71.3 Å². The second-order valence-corrected chi connectivity index (χ2v) is 11.0. The van der Waals surface area contributed by atoms with Crippen LogP contribution in [0.5, 0.6) is 0 Å². The zero-order valence-corrected chi connectivity index (χ0v) is 21.7. The summed E-state index contributed by atoms with van der Waals surface area (Å²) in [5, 5.41) is 6.78. The molecule has 34 heavy (non-hydrogen) atoms. The number of nitrogens with one attached hydrogen (secondary N) is 2. The fraction of sp³-hybridized carbons (Fsp3) is 0.640. The van der Waals surface area contributed by atoms with Gasteiger partial charge in [0.1, 0.15) is 17.7 Å². The number of rotatable bonds is 6. The normalized spacial score (nSPS) is 20.0. The molecular weight excluding hydrogens is 477 g/mol. The molecule has 0 bridgehead atoms. The molecule has 0 radical (unpaired) electrons. The number of alkyl carbamates (subject to hydrolysis) is 1. The predicted molar refractivity (Wildman–Crippen MR) is 133 cm³/mol. The molecule has 3 amide bonds. The van der Waals surface area contributed by atoms with Crippen molar-refractivity contribution in [3.63, 3.8) is 0 Å². The van der Waals surface area contributed by atoms with Gasteiger partial charge in [0.2, 0.25) is 11.8 Å². The van der Waals surface area contributed by atoms with Crippen LogP contribution in [0.25, 0.3) is 0 Å². The van der Waals surface area contributed by atoms with Crippen LogP contribution >= 0.6 is 23.2 Å². The Kier molecular flexibility index (Phi) is 9.10. The Hall–Kier alpha value is -1.99. The summed E-state index contributed by atoms with van der Waals surface area (Å²) in [4.78, 5) is 40.9. The SMILES string of the molecule is CC(C)(C)OC(=O)N[C@@H](C(=O)N1CCC[C@H]1C(=O)NCc1cc(Cl)ccc1Cl)C1CCCCC1. The first-order chi connectivity index (χ1) is 16.0. The van der Waals surface area contributed by atoms with Gasteiger partial charge in [0.25, 0.3) is 0 Å². The Morgan fingerprint density at radius 2 is 1.79 bits per heavy atom. The Morgan fingerprint density at radius 3 is 2.47 bits per heavy atom. The maximum absolute atomic E-state index is 13.7. The van der Waals surface area contributed by atoms with Crippen molar-refractivity contribution < 1.29 is 19.1 Å². The molecule has 1 aromatic carbocycles. The van der Waals surface area contributed by atoms with Crippen LogP contribution in [0.15, 0.2) is 18.2 Å². The molecule has 1 saturated heterocycles. The molecule has 3 rings (SSSR count). The lowest BCUT2D eigenvalue weighted by Crippen LogP contribution is -2.56. The van der Waals surface area contributed by atoms with E-state index in [9.17, 15) is 14.4 Å². The second kappa shape index (κ2) is 11.6. The average Bonchev–Trinajstić information content (AvgIpc) is 3.27. The third-order valence-electron chi connectivity index (χ3n) is 6.36. The molecule has 188 valence electrons. The molecule has 0 aromatic heterocycles. The number of ether oxygens (including phenoxy) is 1. The number of benzene rings is 1. The van der Waals surface area contributed by atoms with Gasteiger partial charge in [-0.1, -0.05) is 42.5 Å². The second-order valence-electron chi connectivity index (χ2n) is 10.2. The summed E-state index contributed by atoms with van der Waals surface area (Å²) in [6, 6.07) is 3.80. The number of carbonyl (C=O) groups excluding carboxylic acids is 3. The van der Waals surface area contributed by atoms with Gasteiger partial charge in [-0.2, -0.15) is 0 Å². The summed E-state index contributed by atoms with van der Waals surface area (Å²) in [6.45, 7) is 6.07. The molecular formula is C25H35Cl2N3O4. The van der Waals surface area contributed by atoms with E-state index in [2.05, 4.69) is 10.6 Å². The maximum atomic E-state index is 13.7. The quantitative estimate of drug-likeness (QED) is 0.557. The topological polar surface area (TPSA) is 87.7 Å². The lowest BCUT2D eigenvalue weighted by atomic mass is 9.83. The number of halogens is 2. The lowest BCUT2D eigenvalue weighted by Gasteiger charge is -2.35.